The van der Waals surface area contributed by atoms with Gasteiger partial charge in [0.15, 0.2) is 16.1 Å². The monoisotopic (exact) mass is 673 g/mol. The highest BCUT2D eigenvalue weighted by Gasteiger charge is 2.38. The first kappa shape index (κ1) is 34.7. The Morgan fingerprint density at radius 2 is 1.98 bits per heavy atom. The molecule has 9 nitrogen and oxygen atoms in total. The van der Waals surface area contributed by atoms with Crippen LogP contribution in [0.4, 0.5) is 5.69 Å². The van der Waals surface area contributed by atoms with E-state index in [0.29, 0.717) is 29.2 Å². The van der Waals surface area contributed by atoms with Crippen LogP contribution in [-0.2, 0) is 37.2 Å². The molecule has 2 bridgehead atoms. The lowest BCUT2D eigenvalue weighted by molar-refractivity contribution is -0.122. The minimum absolute atomic E-state index is 0.0665. The fraction of sp³-hybridized carbons (Fsp3) is 0.571. The molecule has 2 aromatic carbocycles. The molecule has 0 aromatic heterocycles. The van der Waals surface area contributed by atoms with Crippen LogP contribution in [0.2, 0.25) is 5.02 Å². The van der Waals surface area contributed by atoms with E-state index in [9.17, 15) is 14.1 Å². The number of aliphatic hydroxyl groups excluding tert-OH is 1. The molecule has 2 aromatic rings. The second kappa shape index (κ2) is 14.6. The van der Waals surface area contributed by atoms with Gasteiger partial charge in [-0.1, -0.05) is 43.7 Å². The van der Waals surface area contributed by atoms with E-state index in [0.717, 1.165) is 56.4 Å². The minimum Gasteiger partial charge on any atom is -0.487 e. The molecule has 5 rings (SSSR count). The van der Waals surface area contributed by atoms with Crippen molar-refractivity contribution in [2.75, 3.05) is 31.7 Å². The largest absolute Gasteiger partial charge is 0.487 e. The number of rotatable bonds is 3. The summed E-state index contributed by atoms with van der Waals surface area (Å²) < 4.78 is 40.3. The van der Waals surface area contributed by atoms with Gasteiger partial charge in [0.1, 0.15) is 18.0 Å². The number of carbonyl (C=O) groups is 1. The number of fused-ring (bicyclic) bond motifs is 3. The van der Waals surface area contributed by atoms with E-state index in [1.165, 1.54) is 5.56 Å². The normalized spacial score (nSPS) is 29.1. The van der Waals surface area contributed by atoms with Crippen molar-refractivity contribution in [1.82, 2.24) is 4.72 Å². The summed E-state index contributed by atoms with van der Waals surface area (Å²) in [5.74, 6) is 0.467. The zero-order valence-corrected chi connectivity index (χ0v) is 29.1. The minimum atomic E-state index is -3.64. The molecular formula is C35H48ClN3O6S. The van der Waals surface area contributed by atoms with Crippen molar-refractivity contribution in [3.8, 4) is 5.75 Å². The van der Waals surface area contributed by atoms with Gasteiger partial charge in [0.2, 0.25) is 5.91 Å². The Hall–Kier alpha value is -2.63. The zero-order chi connectivity index (χ0) is 33.1. The number of benzene rings is 2. The van der Waals surface area contributed by atoms with Crippen LogP contribution in [0.3, 0.4) is 0 Å². The fourth-order valence-electron chi connectivity index (χ4n) is 6.22. The average Bonchev–Trinajstić information content (AvgIpc) is 3.03. The molecule has 2 N–H and O–H groups in total. The van der Waals surface area contributed by atoms with Crippen molar-refractivity contribution in [3.05, 3.63) is 64.7 Å². The molecule has 0 saturated heterocycles. The number of nitrogens with one attached hydrogen (secondary N) is 1. The molecule has 2 heterocycles. The summed E-state index contributed by atoms with van der Waals surface area (Å²) in [6.07, 6.45) is 7.29. The second-order valence-electron chi connectivity index (χ2n) is 13.4. The number of nitrogens with zero attached hydrogens (tertiary/aromatic N) is 2. The summed E-state index contributed by atoms with van der Waals surface area (Å²) in [7, 11) is -1.90. The van der Waals surface area contributed by atoms with Gasteiger partial charge in [-0.2, -0.15) is 4.36 Å². The Morgan fingerprint density at radius 3 is 2.70 bits per heavy atom. The molecule has 46 heavy (non-hydrogen) atoms. The molecule has 1 unspecified atom stereocenters. The number of ether oxygens (including phenoxy) is 3. The fourth-order valence-corrected chi connectivity index (χ4v) is 8.27. The number of amides is 1. The first-order chi connectivity index (χ1) is 21.9. The van der Waals surface area contributed by atoms with Crippen molar-refractivity contribution in [2.45, 2.75) is 89.2 Å². The number of hydrogen-bond acceptors (Lipinski definition) is 8. The van der Waals surface area contributed by atoms with Gasteiger partial charge >= 0.3 is 0 Å². The van der Waals surface area contributed by atoms with Crippen LogP contribution in [0.25, 0.3) is 0 Å². The van der Waals surface area contributed by atoms with Gasteiger partial charge in [-0.15, -0.1) is 0 Å². The molecule has 1 amide bonds. The highest BCUT2D eigenvalue weighted by molar-refractivity contribution is 7.92. The number of aryl methyl sites for hydroxylation is 1. The molecule has 1 saturated carbocycles. The lowest BCUT2D eigenvalue weighted by atomic mass is 9.70. The molecule has 252 valence electrons. The predicted octanol–water partition coefficient (Wildman–Crippen LogP) is 6.30. The summed E-state index contributed by atoms with van der Waals surface area (Å²) in [5.41, 5.74) is 1.83. The molecule has 3 aliphatic rings. The molecule has 0 radical (unpaired) electrons. The zero-order valence-electron chi connectivity index (χ0n) is 27.5. The van der Waals surface area contributed by atoms with Crippen molar-refractivity contribution in [2.24, 2.45) is 22.1 Å². The summed E-state index contributed by atoms with van der Waals surface area (Å²) in [5, 5.41) is 12.0. The quantitative estimate of drug-likeness (QED) is 0.368. The third-order valence-electron chi connectivity index (χ3n) is 9.40. The Balaban J connectivity index is 1.65. The summed E-state index contributed by atoms with van der Waals surface area (Å²) in [6.45, 7) is 8.91. The van der Waals surface area contributed by atoms with Crippen LogP contribution in [0.1, 0.15) is 64.5 Å². The van der Waals surface area contributed by atoms with Crippen LogP contribution in [0.15, 0.2) is 57.8 Å². The van der Waals surface area contributed by atoms with Crippen molar-refractivity contribution in [3.63, 3.8) is 0 Å². The molecule has 2 aliphatic heterocycles. The first-order valence-electron chi connectivity index (χ1n) is 16.3. The lowest BCUT2D eigenvalue weighted by Gasteiger charge is -2.43. The van der Waals surface area contributed by atoms with E-state index in [1.54, 1.807) is 46.9 Å². The third kappa shape index (κ3) is 7.90. The van der Waals surface area contributed by atoms with E-state index >= 15 is 0 Å². The average molecular weight is 674 g/mol. The van der Waals surface area contributed by atoms with Crippen LogP contribution in [-0.4, -0.2) is 60.0 Å². The Labute approximate surface area is 278 Å². The standard InChI is InChI=1S/C35H48ClN3O6S/c1-23(2)33(40)37-46(42)28-14-16-32-30(20-28)39(17-7-6-9-24-19-27(36)13-11-26(24)22-44-32)21-25-12-15-29(25)31(43-5)10-8-18-45-35(3,4)34(41)38-46/h8,10-11,13-14,16,19-20,23,25,29,31,34,41H,6-7,9,12,15,17-18,21-22H2,1-5H3,(H,37,38,40,42)/b10-8+/t25-,29+,31-,34?,46-/m0/s1. The van der Waals surface area contributed by atoms with Crippen LogP contribution >= 0.6 is 11.6 Å². The maximum Gasteiger partial charge on any atom is 0.235 e. The maximum absolute atomic E-state index is 14.8. The summed E-state index contributed by atoms with van der Waals surface area (Å²) in [6, 6.07) is 11.2. The number of anilines is 1. The van der Waals surface area contributed by atoms with Gasteiger partial charge in [0.05, 0.1) is 23.3 Å². The van der Waals surface area contributed by atoms with Crippen molar-refractivity contribution in [1.29, 1.82) is 0 Å². The van der Waals surface area contributed by atoms with Crippen LogP contribution < -0.4 is 14.4 Å². The topological polar surface area (TPSA) is 110 Å². The van der Waals surface area contributed by atoms with Gasteiger partial charge in [-0.3, -0.25) is 9.52 Å². The number of aliphatic hydroxyl groups is 1. The van der Waals surface area contributed by atoms with Crippen molar-refractivity contribution < 1.29 is 28.3 Å². The van der Waals surface area contributed by atoms with Crippen LogP contribution in [0, 0.1) is 17.8 Å². The van der Waals surface area contributed by atoms with Crippen LogP contribution in [0.5, 0.6) is 5.75 Å². The van der Waals surface area contributed by atoms with E-state index in [4.69, 9.17) is 25.8 Å². The Morgan fingerprint density at radius 1 is 1.17 bits per heavy atom. The smallest absolute Gasteiger partial charge is 0.235 e. The maximum atomic E-state index is 14.8. The molecular weight excluding hydrogens is 626 g/mol. The lowest BCUT2D eigenvalue weighted by Crippen LogP contribution is -2.44. The molecule has 1 fully saturated rings. The second-order valence-corrected chi connectivity index (χ2v) is 15.8. The van der Waals surface area contributed by atoms with Gasteiger partial charge < -0.3 is 24.2 Å². The SMILES string of the molecule is CO[C@H]1/C=C/COC(C)(C)C(O)N=[S@@](=O)(NC(=O)C(C)C)c2ccc3c(c2)N(CCCCc2cc(Cl)ccc2CO3)C[C@@H]2CC[C@H]21. The molecule has 11 heteroatoms. The van der Waals surface area contributed by atoms with Gasteiger partial charge in [0.25, 0.3) is 0 Å². The van der Waals surface area contributed by atoms with E-state index in [1.807, 2.05) is 36.4 Å². The van der Waals surface area contributed by atoms with E-state index in [2.05, 4.69) is 14.0 Å². The number of hydrogen-bond donors (Lipinski definition) is 2. The summed E-state index contributed by atoms with van der Waals surface area (Å²) in [4.78, 5) is 15.6. The molecule has 0 spiro atoms. The van der Waals surface area contributed by atoms with Crippen molar-refractivity contribution >= 4 is 33.1 Å². The highest BCUT2D eigenvalue weighted by Crippen LogP contribution is 2.42. The van der Waals surface area contributed by atoms with E-state index in [-0.39, 0.29) is 17.6 Å². The van der Waals surface area contributed by atoms with Gasteiger partial charge in [-0.25, -0.2) is 4.21 Å². The Bertz CT molecular complexity index is 1550. The molecule has 5 atom stereocenters. The highest BCUT2D eigenvalue weighted by atomic mass is 35.5. The predicted molar refractivity (Wildman–Crippen MR) is 181 cm³/mol. The van der Waals surface area contributed by atoms with Gasteiger partial charge in [0, 0.05) is 31.1 Å². The van der Waals surface area contributed by atoms with Gasteiger partial charge in [-0.05, 0) is 99.2 Å². The molecule has 1 aliphatic carbocycles. The number of methoxy groups -OCH3 is 1. The third-order valence-corrected chi connectivity index (χ3v) is 11.5. The number of halogens is 1. The first-order valence-corrected chi connectivity index (χ1v) is 18.2. The summed E-state index contributed by atoms with van der Waals surface area (Å²) >= 11 is 6.36. The Kier molecular flexibility index (Phi) is 11.0. The number of carbonyl (C=O) groups excluding carboxylic acids is 1. The van der Waals surface area contributed by atoms with E-state index < -0.39 is 33.6 Å².